The maximum atomic E-state index is 12.7. The van der Waals surface area contributed by atoms with E-state index in [9.17, 15) is 13.2 Å². The van der Waals surface area contributed by atoms with Crippen LogP contribution in [0.5, 0.6) is 5.75 Å². The number of amides is 1. The van der Waals surface area contributed by atoms with Gasteiger partial charge in [-0.3, -0.25) is 4.79 Å². The lowest BCUT2D eigenvalue weighted by Gasteiger charge is -2.12. The van der Waals surface area contributed by atoms with Crippen molar-refractivity contribution in [3.63, 3.8) is 0 Å². The molecule has 150 valence electrons. The van der Waals surface area contributed by atoms with Crippen LogP contribution in [0, 0.1) is 0 Å². The van der Waals surface area contributed by atoms with E-state index in [2.05, 4.69) is 10.0 Å². The van der Waals surface area contributed by atoms with E-state index in [0.717, 1.165) is 19.3 Å². The Morgan fingerprint density at radius 2 is 1.93 bits per heavy atom. The molecular formula is C19H20Cl2N2O4S. The summed E-state index contributed by atoms with van der Waals surface area (Å²) in [5.41, 5.74) is 0.521. The van der Waals surface area contributed by atoms with Gasteiger partial charge in [-0.1, -0.05) is 36.2 Å². The fourth-order valence-electron chi connectivity index (χ4n) is 2.48. The molecule has 0 saturated heterocycles. The number of benzene rings is 2. The third-order valence-corrected chi connectivity index (χ3v) is 6.32. The molecule has 2 aromatic rings. The van der Waals surface area contributed by atoms with E-state index in [4.69, 9.17) is 27.9 Å². The van der Waals surface area contributed by atoms with Gasteiger partial charge in [0.05, 0.1) is 22.2 Å². The molecule has 2 N–H and O–H groups in total. The van der Waals surface area contributed by atoms with Crippen molar-refractivity contribution >= 4 is 44.8 Å². The summed E-state index contributed by atoms with van der Waals surface area (Å²) in [5, 5.41) is 2.73. The summed E-state index contributed by atoms with van der Waals surface area (Å²) in [6, 6.07) is 9.30. The largest absolute Gasteiger partial charge is 0.494 e. The highest BCUT2D eigenvalue weighted by Gasteiger charge is 2.30. The Kier molecular flexibility index (Phi) is 6.50. The molecule has 0 bridgehead atoms. The Morgan fingerprint density at radius 3 is 2.61 bits per heavy atom. The number of carbonyl (C=O) groups is 1. The normalized spacial score (nSPS) is 14.0. The van der Waals surface area contributed by atoms with Gasteiger partial charge in [-0.15, -0.1) is 0 Å². The molecule has 1 aliphatic carbocycles. The average Bonchev–Trinajstić information content (AvgIpc) is 3.43. The highest BCUT2D eigenvalue weighted by molar-refractivity contribution is 7.89. The first-order valence-corrected chi connectivity index (χ1v) is 11.1. The van der Waals surface area contributed by atoms with E-state index >= 15 is 0 Å². The molecule has 1 saturated carbocycles. The van der Waals surface area contributed by atoms with Crippen molar-refractivity contribution in [2.45, 2.75) is 37.1 Å². The number of carbonyl (C=O) groups excluding carboxylic acids is 1. The van der Waals surface area contributed by atoms with Gasteiger partial charge in [0.15, 0.2) is 0 Å². The Balaban J connectivity index is 1.84. The number of sulfonamides is 1. The molecule has 1 aliphatic rings. The van der Waals surface area contributed by atoms with Crippen molar-refractivity contribution < 1.29 is 17.9 Å². The summed E-state index contributed by atoms with van der Waals surface area (Å²) in [5.74, 6) is 0.0796. The van der Waals surface area contributed by atoms with Crippen LogP contribution in [0.1, 0.15) is 36.5 Å². The number of hydrogen-bond acceptors (Lipinski definition) is 4. The lowest BCUT2D eigenvalue weighted by Crippen LogP contribution is -2.26. The quantitative estimate of drug-likeness (QED) is 0.630. The van der Waals surface area contributed by atoms with Gasteiger partial charge < -0.3 is 10.1 Å². The number of nitrogens with one attached hydrogen (secondary N) is 2. The van der Waals surface area contributed by atoms with E-state index < -0.39 is 15.9 Å². The molecule has 28 heavy (non-hydrogen) atoms. The summed E-state index contributed by atoms with van der Waals surface area (Å²) >= 11 is 12.2. The van der Waals surface area contributed by atoms with Crippen molar-refractivity contribution in [2.75, 3.05) is 11.9 Å². The van der Waals surface area contributed by atoms with Crippen molar-refractivity contribution in [3.8, 4) is 5.75 Å². The van der Waals surface area contributed by atoms with Gasteiger partial charge in [0.2, 0.25) is 10.0 Å². The summed E-state index contributed by atoms with van der Waals surface area (Å²) in [7, 11) is -3.83. The first-order chi connectivity index (χ1) is 13.3. The van der Waals surface area contributed by atoms with Crippen LogP contribution >= 0.6 is 23.2 Å². The lowest BCUT2D eigenvalue weighted by molar-refractivity contribution is 0.102. The second kappa shape index (κ2) is 8.69. The van der Waals surface area contributed by atoms with Gasteiger partial charge in [0, 0.05) is 17.8 Å². The van der Waals surface area contributed by atoms with E-state index in [0.29, 0.717) is 18.0 Å². The standard InChI is InChI=1S/C19H20Cl2N2O4S/c1-2-8-27-14-5-3-4-13(9-14)22-19(24)15-10-18(17(21)11-16(15)20)28(25,26)23-12-6-7-12/h3-5,9-12,23H,2,6-8H2,1H3,(H,22,24). The molecule has 6 nitrogen and oxygen atoms in total. The van der Waals surface area contributed by atoms with Crippen LogP contribution in [-0.4, -0.2) is 27.0 Å². The second-order valence-corrected chi connectivity index (χ2v) is 8.99. The van der Waals surface area contributed by atoms with Crippen LogP contribution < -0.4 is 14.8 Å². The molecule has 0 atom stereocenters. The van der Waals surface area contributed by atoms with Crippen molar-refractivity contribution in [1.82, 2.24) is 4.72 Å². The SMILES string of the molecule is CCCOc1cccc(NC(=O)c2cc(S(=O)(=O)NC3CC3)c(Cl)cc2Cl)c1. The van der Waals surface area contributed by atoms with Gasteiger partial charge in [0.1, 0.15) is 10.6 Å². The molecule has 3 rings (SSSR count). The molecule has 1 fully saturated rings. The van der Waals surface area contributed by atoms with E-state index in [1.807, 2.05) is 6.92 Å². The minimum atomic E-state index is -3.83. The fraction of sp³-hybridized carbons (Fsp3) is 0.316. The van der Waals surface area contributed by atoms with Crippen molar-refractivity contribution in [1.29, 1.82) is 0 Å². The van der Waals surface area contributed by atoms with Crippen LogP contribution in [0.25, 0.3) is 0 Å². The zero-order chi connectivity index (χ0) is 20.3. The zero-order valence-electron chi connectivity index (χ0n) is 15.2. The van der Waals surface area contributed by atoms with Crippen LogP contribution in [0.2, 0.25) is 10.0 Å². The maximum absolute atomic E-state index is 12.7. The molecular weight excluding hydrogens is 423 g/mol. The van der Waals surface area contributed by atoms with Crippen LogP contribution in [0.15, 0.2) is 41.3 Å². The smallest absolute Gasteiger partial charge is 0.257 e. The molecule has 0 aliphatic heterocycles. The Morgan fingerprint density at radius 1 is 1.18 bits per heavy atom. The minimum absolute atomic E-state index is 0.0159. The highest BCUT2D eigenvalue weighted by atomic mass is 35.5. The van der Waals surface area contributed by atoms with Crippen LogP contribution in [0.4, 0.5) is 5.69 Å². The fourth-order valence-corrected chi connectivity index (χ4v) is 4.64. The third kappa shape index (κ3) is 5.17. The molecule has 0 aromatic heterocycles. The Bertz CT molecular complexity index is 991. The Labute approximate surface area is 174 Å². The van der Waals surface area contributed by atoms with Gasteiger partial charge in [0.25, 0.3) is 5.91 Å². The molecule has 0 heterocycles. The van der Waals surface area contributed by atoms with Gasteiger partial charge in [-0.25, -0.2) is 13.1 Å². The number of halogens is 2. The number of ether oxygens (including phenoxy) is 1. The maximum Gasteiger partial charge on any atom is 0.257 e. The summed E-state index contributed by atoms with van der Waals surface area (Å²) in [6.07, 6.45) is 2.44. The van der Waals surface area contributed by atoms with E-state index in [1.165, 1.54) is 12.1 Å². The molecule has 0 unspecified atom stereocenters. The highest BCUT2D eigenvalue weighted by Crippen LogP contribution is 2.31. The second-order valence-electron chi connectivity index (χ2n) is 6.49. The number of hydrogen-bond donors (Lipinski definition) is 2. The molecule has 0 spiro atoms. The zero-order valence-corrected chi connectivity index (χ0v) is 17.5. The predicted octanol–water partition coefficient (Wildman–Crippen LogP) is 4.48. The van der Waals surface area contributed by atoms with Gasteiger partial charge in [-0.05, 0) is 43.5 Å². The lowest BCUT2D eigenvalue weighted by atomic mass is 10.2. The van der Waals surface area contributed by atoms with E-state index in [1.54, 1.807) is 24.3 Å². The monoisotopic (exact) mass is 442 g/mol. The van der Waals surface area contributed by atoms with Crippen LogP contribution in [-0.2, 0) is 10.0 Å². The minimum Gasteiger partial charge on any atom is -0.494 e. The molecule has 0 radical (unpaired) electrons. The summed E-state index contributed by atoms with van der Waals surface area (Å²) in [6.45, 7) is 2.56. The van der Waals surface area contributed by atoms with Gasteiger partial charge >= 0.3 is 0 Å². The molecule has 1 amide bonds. The first kappa shape index (κ1) is 20.9. The van der Waals surface area contributed by atoms with Crippen molar-refractivity contribution in [2.24, 2.45) is 0 Å². The topological polar surface area (TPSA) is 84.5 Å². The van der Waals surface area contributed by atoms with Crippen molar-refractivity contribution in [3.05, 3.63) is 52.0 Å². The molecule has 2 aromatic carbocycles. The third-order valence-electron chi connectivity index (χ3n) is 4.02. The van der Waals surface area contributed by atoms with Crippen LogP contribution in [0.3, 0.4) is 0 Å². The average molecular weight is 443 g/mol. The Hall–Kier alpha value is -1.80. The number of anilines is 1. The summed E-state index contributed by atoms with van der Waals surface area (Å²) < 4.78 is 33.1. The summed E-state index contributed by atoms with van der Waals surface area (Å²) in [4.78, 5) is 12.5. The van der Waals surface area contributed by atoms with E-state index in [-0.39, 0.29) is 26.5 Å². The molecule has 9 heteroatoms. The predicted molar refractivity (Wildman–Crippen MR) is 110 cm³/mol. The number of rotatable bonds is 8. The first-order valence-electron chi connectivity index (χ1n) is 8.85. The van der Waals surface area contributed by atoms with Gasteiger partial charge in [-0.2, -0.15) is 0 Å².